The number of halogens is 3. The van der Waals surface area contributed by atoms with Gasteiger partial charge < -0.3 is 0 Å². The van der Waals surface area contributed by atoms with Gasteiger partial charge in [-0.2, -0.15) is 13.2 Å². The van der Waals surface area contributed by atoms with Gasteiger partial charge in [0.2, 0.25) is 11.8 Å². The zero-order valence-electron chi connectivity index (χ0n) is 12.1. The fourth-order valence-corrected chi connectivity index (χ4v) is 4.15. The largest absolute Gasteiger partial charge is 0.416 e. The number of nitrogens with zero attached hydrogens (tertiary/aromatic N) is 1. The van der Waals surface area contributed by atoms with Crippen molar-refractivity contribution in [3.8, 4) is 0 Å². The van der Waals surface area contributed by atoms with Gasteiger partial charge in [0.15, 0.2) is 0 Å². The molecule has 1 aliphatic heterocycles. The third-order valence-electron chi connectivity index (χ3n) is 5.19. The molecule has 2 amide bonds. The van der Waals surface area contributed by atoms with E-state index in [0.717, 1.165) is 29.9 Å². The number of carbonyl (C=O) groups excluding carboxylic acids is 2. The summed E-state index contributed by atoms with van der Waals surface area (Å²) < 4.78 is 38.6. The highest BCUT2D eigenvalue weighted by Gasteiger charge is 2.56. The summed E-state index contributed by atoms with van der Waals surface area (Å²) in [4.78, 5) is 26.3. The highest BCUT2D eigenvalue weighted by Crippen LogP contribution is 2.50. The second-order valence-corrected chi connectivity index (χ2v) is 6.40. The fraction of sp³-hybridized carbons (Fsp3) is 0.412. The molecule has 0 aromatic heterocycles. The van der Waals surface area contributed by atoms with E-state index in [2.05, 4.69) is 0 Å². The van der Waals surface area contributed by atoms with Crippen LogP contribution >= 0.6 is 0 Å². The average Bonchev–Trinajstić information content (AvgIpc) is 2.81. The van der Waals surface area contributed by atoms with Gasteiger partial charge in [0.25, 0.3) is 0 Å². The van der Waals surface area contributed by atoms with Crippen molar-refractivity contribution in [1.82, 2.24) is 0 Å². The van der Waals surface area contributed by atoms with Crippen LogP contribution in [0.25, 0.3) is 0 Å². The molecule has 3 aliphatic carbocycles. The summed E-state index contributed by atoms with van der Waals surface area (Å²) in [5.74, 6) is -1.51. The van der Waals surface area contributed by atoms with Crippen LogP contribution in [0, 0.1) is 23.7 Å². The maximum absolute atomic E-state index is 12.9. The predicted molar refractivity (Wildman–Crippen MR) is 76.3 cm³/mol. The first-order valence-corrected chi connectivity index (χ1v) is 7.61. The Balaban J connectivity index is 1.74. The summed E-state index contributed by atoms with van der Waals surface area (Å²) in [5, 5.41) is 0. The highest BCUT2D eigenvalue weighted by atomic mass is 19.4. The van der Waals surface area contributed by atoms with Crippen LogP contribution in [-0.4, -0.2) is 11.8 Å². The van der Waals surface area contributed by atoms with Gasteiger partial charge in [-0.25, -0.2) is 0 Å². The van der Waals surface area contributed by atoms with E-state index in [-0.39, 0.29) is 29.3 Å². The number of allylic oxidation sites excluding steroid dienone is 2. The Hall–Kier alpha value is -2.11. The number of hydrogen-bond donors (Lipinski definition) is 0. The highest BCUT2D eigenvalue weighted by molar-refractivity contribution is 6.22. The first kappa shape index (κ1) is 14.5. The van der Waals surface area contributed by atoms with Gasteiger partial charge in [0.05, 0.1) is 23.1 Å². The van der Waals surface area contributed by atoms with Crippen molar-refractivity contribution in [2.45, 2.75) is 19.0 Å². The topological polar surface area (TPSA) is 37.4 Å². The van der Waals surface area contributed by atoms with Crippen molar-refractivity contribution < 1.29 is 22.8 Å². The van der Waals surface area contributed by atoms with Crippen LogP contribution in [0.4, 0.5) is 18.9 Å². The van der Waals surface area contributed by atoms with Gasteiger partial charge in [0, 0.05) is 0 Å². The number of fused-ring (bicyclic) bond motifs is 1. The van der Waals surface area contributed by atoms with Gasteiger partial charge in [-0.1, -0.05) is 18.2 Å². The number of alkyl halides is 3. The molecule has 23 heavy (non-hydrogen) atoms. The fourth-order valence-electron chi connectivity index (χ4n) is 4.15. The number of anilines is 1. The minimum atomic E-state index is -4.50. The van der Waals surface area contributed by atoms with Crippen LogP contribution < -0.4 is 4.90 Å². The van der Waals surface area contributed by atoms with Crippen LogP contribution in [0.5, 0.6) is 0 Å². The molecule has 4 aliphatic rings. The molecule has 6 heteroatoms. The normalized spacial score (nSPS) is 32.6. The lowest BCUT2D eigenvalue weighted by molar-refractivity contribution is -0.137. The molecule has 3 nitrogen and oxygen atoms in total. The Labute approximate surface area is 130 Å². The van der Waals surface area contributed by atoms with Gasteiger partial charge in [0.1, 0.15) is 0 Å². The van der Waals surface area contributed by atoms with Gasteiger partial charge in [-0.15, -0.1) is 0 Å². The Bertz CT molecular complexity index is 693. The minimum absolute atomic E-state index is 0.0172. The number of benzene rings is 1. The van der Waals surface area contributed by atoms with E-state index in [9.17, 15) is 22.8 Å². The SMILES string of the molecule is O=C1[C@@H]2[C@H](C(=O)N1c1cccc(C(F)(F)F)c1)[C@H]1C=C[C@H]2CC1. The maximum Gasteiger partial charge on any atom is 0.416 e. The lowest BCUT2D eigenvalue weighted by Crippen LogP contribution is -2.38. The Morgan fingerprint density at radius 1 is 0.957 bits per heavy atom. The third kappa shape index (κ3) is 2.04. The van der Waals surface area contributed by atoms with E-state index in [1.165, 1.54) is 12.1 Å². The number of carbonyl (C=O) groups is 2. The molecule has 0 radical (unpaired) electrons. The molecular formula is C17H14F3NO2. The van der Waals surface area contributed by atoms with Crippen LogP contribution in [0.2, 0.25) is 0 Å². The zero-order valence-corrected chi connectivity index (χ0v) is 12.1. The van der Waals surface area contributed by atoms with Crippen LogP contribution in [-0.2, 0) is 15.8 Å². The minimum Gasteiger partial charge on any atom is -0.274 e. The van der Waals surface area contributed by atoms with E-state index >= 15 is 0 Å². The van der Waals surface area contributed by atoms with Crippen molar-refractivity contribution in [2.24, 2.45) is 23.7 Å². The number of imide groups is 1. The Morgan fingerprint density at radius 3 is 2.00 bits per heavy atom. The summed E-state index contributed by atoms with van der Waals surface area (Å²) in [5.41, 5.74) is -0.838. The summed E-state index contributed by atoms with van der Waals surface area (Å²) in [6, 6.07) is 4.43. The first-order chi connectivity index (χ1) is 10.9. The molecule has 2 fully saturated rings. The predicted octanol–water partition coefficient (Wildman–Crippen LogP) is 3.41. The average molecular weight is 321 g/mol. The number of amides is 2. The van der Waals surface area contributed by atoms with E-state index < -0.39 is 23.6 Å². The second kappa shape index (κ2) is 4.69. The number of hydrogen-bond acceptors (Lipinski definition) is 2. The molecule has 120 valence electrons. The molecule has 1 saturated heterocycles. The molecule has 1 aromatic carbocycles. The molecule has 0 unspecified atom stereocenters. The zero-order chi connectivity index (χ0) is 16.4. The number of rotatable bonds is 1. The molecule has 2 bridgehead atoms. The van der Waals surface area contributed by atoms with Crippen molar-refractivity contribution in [2.75, 3.05) is 4.90 Å². The van der Waals surface area contributed by atoms with Crippen molar-refractivity contribution >= 4 is 17.5 Å². The Morgan fingerprint density at radius 2 is 1.52 bits per heavy atom. The summed E-state index contributed by atoms with van der Waals surface area (Å²) in [7, 11) is 0. The molecular weight excluding hydrogens is 307 g/mol. The third-order valence-corrected chi connectivity index (χ3v) is 5.19. The summed E-state index contributed by atoms with van der Waals surface area (Å²) in [6.07, 6.45) is 1.18. The smallest absolute Gasteiger partial charge is 0.274 e. The molecule has 1 saturated carbocycles. The standard InChI is InChI=1S/C17H14F3NO2/c18-17(19,20)11-2-1-3-12(8-11)21-15(22)13-9-4-5-10(7-6-9)14(13)16(21)23/h1-5,8-10,13-14H,6-7H2/t9-,10-,13-,14+/m0/s1. The molecule has 1 aromatic rings. The summed E-state index contributed by atoms with van der Waals surface area (Å²) in [6.45, 7) is 0. The maximum atomic E-state index is 12.9. The van der Waals surface area contributed by atoms with Crippen molar-refractivity contribution in [3.63, 3.8) is 0 Å². The monoisotopic (exact) mass is 321 g/mol. The van der Waals surface area contributed by atoms with Crippen LogP contribution in [0.1, 0.15) is 18.4 Å². The lowest BCUT2D eigenvalue weighted by Gasteiger charge is -2.38. The quantitative estimate of drug-likeness (QED) is 0.587. The van der Waals surface area contributed by atoms with Crippen molar-refractivity contribution in [1.29, 1.82) is 0 Å². The molecule has 0 spiro atoms. The summed E-state index contributed by atoms with van der Waals surface area (Å²) >= 11 is 0. The molecule has 4 atom stereocenters. The van der Waals surface area contributed by atoms with Gasteiger partial charge in [-0.05, 0) is 42.9 Å². The Kier molecular flexibility index (Phi) is 2.95. The molecule has 0 N–H and O–H groups in total. The van der Waals surface area contributed by atoms with E-state index in [1.807, 2.05) is 12.2 Å². The van der Waals surface area contributed by atoms with E-state index in [0.29, 0.717) is 0 Å². The van der Waals surface area contributed by atoms with Crippen LogP contribution in [0.3, 0.4) is 0 Å². The van der Waals surface area contributed by atoms with E-state index in [1.54, 1.807) is 0 Å². The van der Waals surface area contributed by atoms with Gasteiger partial charge >= 0.3 is 6.18 Å². The van der Waals surface area contributed by atoms with Crippen LogP contribution in [0.15, 0.2) is 36.4 Å². The first-order valence-electron chi connectivity index (χ1n) is 7.61. The van der Waals surface area contributed by atoms with Gasteiger partial charge in [-0.3, -0.25) is 14.5 Å². The molecule has 1 heterocycles. The molecule has 5 rings (SSSR count). The second-order valence-electron chi connectivity index (χ2n) is 6.40. The van der Waals surface area contributed by atoms with Crippen molar-refractivity contribution in [3.05, 3.63) is 42.0 Å². The van der Waals surface area contributed by atoms with E-state index in [4.69, 9.17) is 0 Å². The lowest BCUT2D eigenvalue weighted by atomic mass is 9.63.